The molecule has 156 valence electrons. The van der Waals surface area contributed by atoms with Gasteiger partial charge in [-0.2, -0.15) is 5.10 Å². The van der Waals surface area contributed by atoms with E-state index in [1.807, 2.05) is 17.0 Å². The Morgan fingerprint density at radius 1 is 1.30 bits per heavy atom. The Morgan fingerprint density at radius 3 is 2.97 bits per heavy atom. The van der Waals surface area contributed by atoms with E-state index in [4.69, 9.17) is 11.6 Å². The second-order valence-electron chi connectivity index (χ2n) is 7.98. The number of nitrogens with one attached hydrogen (secondary N) is 3. The molecule has 2 fully saturated rings. The average Bonchev–Trinajstić information content (AvgIpc) is 3.52. The molecular weight excluding hydrogens is 402 g/mol. The minimum atomic E-state index is -0.157. The SMILES string of the molecule is CC[C@@H]1CN(C(=O)c2nc(Nc3cc(C4CC4)[nH]n3)c3cc(Cl)ccc3n2)CCN1. The van der Waals surface area contributed by atoms with Gasteiger partial charge in [-0.1, -0.05) is 18.5 Å². The predicted molar refractivity (Wildman–Crippen MR) is 116 cm³/mol. The van der Waals surface area contributed by atoms with E-state index in [0.717, 1.165) is 24.0 Å². The Balaban J connectivity index is 1.49. The lowest BCUT2D eigenvalue weighted by molar-refractivity contribution is 0.0690. The van der Waals surface area contributed by atoms with Crippen LogP contribution < -0.4 is 10.6 Å². The lowest BCUT2D eigenvalue weighted by Gasteiger charge is -2.32. The highest BCUT2D eigenvalue weighted by Gasteiger charge is 2.27. The Hall–Kier alpha value is -2.71. The molecule has 1 amide bonds. The van der Waals surface area contributed by atoms with Gasteiger partial charge >= 0.3 is 0 Å². The van der Waals surface area contributed by atoms with E-state index in [-0.39, 0.29) is 11.7 Å². The number of aromatic nitrogens is 4. The zero-order chi connectivity index (χ0) is 20.7. The molecule has 0 bridgehead atoms. The first-order valence-corrected chi connectivity index (χ1v) is 10.8. The van der Waals surface area contributed by atoms with Crippen LogP contribution in [0, 0.1) is 0 Å². The van der Waals surface area contributed by atoms with Gasteiger partial charge in [0, 0.05) is 53.8 Å². The topological polar surface area (TPSA) is 98.8 Å². The lowest BCUT2D eigenvalue weighted by Crippen LogP contribution is -2.52. The van der Waals surface area contributed by atoms with Crippen LogP contribution in [-0.2, 0) is 0 Å². The van der Waals surface area contributed by atoms with Crippen LogP contribution in [0.15, 0.2) is 24.3 Å². The second kappa shape index (κ2) is 7.85. The molecule has 2 aliphatic rings. The lowest BCUT2D eigenvalue weighted by atomic mass is 10.1. The van der Waals surface area contributed by atoms with Gasteiger partial charge in [0.1, 0.15) is 5.82 Å². The van der Waals surface area contributed by atoms with Gasteiger partial charge in [-0.3, -0.25) is 9.89 Å². The molecule has 0 unspecified atom stereocenters. The van der Waals surface area contributed by atoms with Crippen molar-refractivity contribution in [2.75, 3.05) is 25.0 Å². The van der Waals surface area contributed by atoms with E-state index in [1.54, 1.807) is 12.1 Å². The summed E-state index contributed by atoms with van der Waals surface area (Å²) in [5.41, 5.74) is 1.79. The summed E-state index contributed by atoms with van der Waals surface area (Å²) >= 11 is 6.22. The zero-order valence-corrected chi connectivity index (χ0v) is 17.5. The minimum Gasteiger partial charge on any atom is -0.333 e. The number of aromatic amines is 1. The maximum atomic E-state index is 13.2. The standard InChI is InChI=1S/C21H24ClN7O/c1-2-14-11-29(8-7-23-14)21(30)20-24-16-6-5-13(22)9-15(16)19(26-20)25-18-10-17(27-28-18)12-3-4-12/h5-6,9-10,12,14,23H,2-4,7-8,11H2,1H3,(H2,24,25,26,27,28)/t14-/m1/s1. The molecule has 1 aliphatic carbocycles. The van der Waals surface area contributed by atoms with E-state index >= 15 is 0 Å². The highest BCUT2D eigenvalue weighted by Crippen LogP contribution is 2.39. The van der Waals surface area contributed by atoms with Gasteiger partial charge in [-0.25, -0.2) is 9.97 Å². The zero-order valence-electron chi connectivity index (χ0n) is 16.8. The van der Waals surface area contributed by atoms with Crippen LogP contribution in [0.5, 0.6) is 0 Å². The van der Waals surface area contributed by atoms with Crippen molar-refractivity contribution >= 4 is 40.0 Å². The fourth-order valence-electron chi connectivity index (χ4n) is 3.84. The van der Waals surface area contributed by atoms with E-state index in [9.17, 15) is 4.79 Å². The first-order chi connectivity index (χ1) is 14.6. The van der Waals surface area contributed by atoms with Crippen molar-refractivity contribution in [2.45, 2.75) is 38.1 Å². The van der Waals surface area contributed by atoms with Crippen molar-refractivity contribution in [3.8, 4) is 0 Å². The summed E-state index contributed by atoms with van der Waals surface area (Å²) in [5.74, 6) is 1.80. The number of anilines is 2. The number of nitrogens with zero attached hydrogens (tertiary/aromatic N) is 4. The van der Waals surface area contributed by atoms with Gasteiger partial charge in [0.15, 0.2) is 5.82 Å². The van der Waals surface area contributed by atoms with Crippen molar-refractivity contribution < 1.29 is 4.79 Å². The number of piperazine rings is 1. The third-order valence-corrected chi connectivity index (χ3v) is 5.98. The summed E-state index contributed by atoms with van der Waals surface area (Å²) in [6, 6.07) is 7.69. The van der Waals surface area contributed by atoms with Gasteiger partial charge in [0.05, 0.1) is 5.52 Å². The molecule has 30 heavy (non-hydrogen) atoms. The van der Waals surface area contributed by atoms with Gasteiger partial charge in [0.2, 0.25) is 5.82 Å². The molecule has 8 nitrogen and oxygen atoms in total. The fourth-order valence-corrected chi connectivity index (χ4v) is 4.01. The van der Waals surface area contributed by atoms with Crippen LogP contribution in [0.4, 0.5) is 11.6 Å². The molecule has 1 saturated heterocycles. The molecule has 0 radical (unpaired) electrons. The van der Waals surface area contributed by atoms with Crippen LogP contribution >= 0.6 is 11.6 Å². The molecule has 9 heteroatoms. The number of rotatable bonds is 5. The summed E-state index contributed by atoms with van der Waals surface area (Å²) in [7, 11) is 0. The average molecular weight is 426 g/mol. The molecule has 3 N–H and O–H groups in total. The van der Waals surface area contributed by atoms with Crippen LogP contribution in [0.3, 0.4) is 0 Å². The highest BCUT2D eigenvalue weighted by atomic mass is 35.5. The first kappa shape index (κ1) is 19.3. The molecule has 2 aromatic heterocycles. The van der Waals surface area contributed by atoms with E-state index in [2.05, 4.69) is 37.7 Å². The largest absolute Gasteiger partial charge is 0.333 e. The Bertz CT molecular complexity index is 1090. The number of hydrogen-bond donors (Lipinski definition) is 3. The number of hydrogen-bond acceptors (Lipinski definition) is 6. The maximum absolute atomic E-state index is 13.2. The van der Waals surface area contributed by atoms with E-state index in [1.165, 1.54) is 12.8 Å². The van der Waals surface area contributed by atoms with Gasteiger partial charge < -0.3 is 15.5 Å². The monoisotopic (exact) mass is 425 g/mol. The number of benzene rings is 1. The van der Waals surface area contributed by atoms with Crippen LogP contribution in [-0.4, -0.2) is 56.6 Å². The van der Waals surface area contributed by atoms with Crippen molar-refractivity contribution in [1.29, 1.82) is 0 Å². The van der Waals surface area contributed by atoms with Crippen molar-refractivity contribution in [3.05, 3.63) is 40.8 Å². The maximum Gasteiger partial charge on any atom is 0.291 e. The second-order valence-corrected chi connectivity index (χ2v) is 8.41. The van der Waals surface area contributed by atoms with Crippen molar-refractivity contribution in [3.63, 3.8) is 0 Å². The summed E-state index contributed by atoms with van der Waals surface area (Å²) in [6.07, 6.45) is 3.35. The van der Waals surface area contributed by atoms with Crippen molar-refractivity contribution in [2.24, 2.45) is 0 Å². The molecule has 1 saturated carbocycles. The first-order valence-electron chi connectivity index (χ1n) is 10.4. The molecular formula is C21H24ClN7O. The predicted octanol–water partition coefficient (Wildman–Crippen LogP) is 3.45. The molecule has 3 aromatic rings. The Kier molecular flexibility index (Phi) is 5.04. The Morgan fingerprint density at radius 2 is 2.17 bits per heavy atom. The Labute approximate surface area is 179 Å². The normalized spacial score (nSPS) is 19.3. The summed E-state index contributed by atoms with van der Waals surface area (Å²) in [4.78, 5) is 24.1. The quantitative estimate of drug-likeness (QED) is 0.579. The van der Waals surface area contributed by atoms with Crippen molar-refractivity contribution in [1.82, 2.24) is 30.4 Å². The number of amides is 1. The minimum absolute atomic E-state index is 0.157. The van der Waals surface area contributed by atoms with Gasteiger partial charge in [-0.15, -0.1) is 0 Å². The smallest absolute Gasteiger partial charge is 0.291 e. The fraction of sp³-hybridized carbons (Fsp3) is 0.429. The van der Waals surface area contributed by atoms with Crippen LogP contribution in [0.1, 0.15) is 48.4 Å². The van der Waals surface area contributed by atoms with E-state index < -0.39 is 0 Å². The number of halogens is 1. The third-order valence-electron chi connectivity index (χ3n) is 5.75. The molecule has 5 rings (SSSR count). The summed E-state index contributed by atoms with van der Waals surface area (Å²) in [6.45, 7) is 4.19. The summed E-state index contributed by atoms with van der Waals surface area (Å²) < 4.78 is 0. The summed E-state index contributed by atoms with van der Waals surface area (Å²) in [5, 5.41) is 15.5. The number of carbonyl (C=O) groups is 1. The highest BCUT2D eigenvalue weighted by molar-refractivity contribution is 6.31. The molecule has 1 atom stereocenters. The number of fused-ring (bicyclic) bond motifs is 1. The molecule has 1 aliphatic heterocycles. The number of H-pyrrole nitrogens is 1. The molecule has 3 heterocycles. The van der Waals surface area contributed by atoms with Gasteiger partial charge in [-0.05, 0) is 37.5 Å². The van der Waals surface area contributed by atoms with Crippen LogP contribution in [0.25, 0.3) is 10.9 Å². The van der Waals surface area contributed by atoms with Crippen LogP contribution in [0.2, 0.25) is 5.02 Å². The van der Waals surface area contributed by atoms with E-state index in [0.29, 0.717) is 47.2 Å². The number of carbonyl (C=O) groups excluding carboxylic acids is 1. The third kappa shape index (κ3) is 3.85. The molecule has 0 spiro atoms. The van der Waals surface area contributed by atoms with Gasteiger partial charge in [0.25, 0.3) is 5.91 Å². The molecule has 1 aromatic carbocycles.